The molecule has 0 bridgehead atoms. The molecule has 0 N–H and O–H groups in total. The molecular weight excluding hydrogens is 168 g/mol. The minimum atomic E-state index is -0.540. The van der Waals surface area contributed by atoms with Crippen molar-refractivity contribution in [3.8, 4) is 0 Å². The number of methoxy groups -OCH3 is 1. The van der Waals surface area contributed by atoms with Gasteiger partial charge in [-0.25, -0.2) is 0 Å². The van der Waals surface area contributed by atoms with Gasteiger partial charge in [-0.1, -0.05) is 5.57 Å². The molecule has 0 aliphatic heterocycles. The predicted molar refractivity (Wildman–Crippen MR) is 51.5 cm³/mol. The van der Waals surface area contributed by atoms with Gasteiger partial charge in [0.2, 0.25) is 0 Å². The van der Waals surface area contributed by atoms with Crippen LogP contribution in [0.15, 0.2) is 11.6 Å². The smallest absolute Gasteiger partial charge is 0.162 e. The predicted octanol–water partition coefficient (Wildman–Crippen LogP) is 1.92. The molecule has 0 aromatic heterocycles. The highest BCUT2D eigenvalue weighted by Gasteiger charge is 2.15. The summed E-state index contributed by atoms with van der Waals surface area (Å²) in [6.07, 6.45) is 3.09. The lowest BCUT2D eigenvalue weighted by Crippen LogP contribution is -2.27. The SMILES string of the molecule is COC(C)(C)OCC/C(C)=C/C=O. The van der Waals surface area contributed by atoms with Crippen molar-refractivity contribution in [3.05, 3.63) is 11.6 Å². The van der Waals surface area contributed by atoms with Crippen molar-refractivity contribution in [2.45, 2.75) is 33.0 Å². The van der Waals surface area contributed by atoms with Crippen LogP contribution in [0.2, 0.25) is 0 Å². The Kier molecular flexibility index (Phi) is 5.58. The van der Waals surface area contributed by atoms with E-state index in [1.165, 1.54) is 0 Å². The maximum Gasteiger partial charge on any atom is 0.162 e. The van der Waals surface area contributed by atoms with E-state index in [1.807, 2.05) is 20.8 Å². The maximum absolute atomic E-state index is 10.1. The van der Waals surface area contributed by atoms with Crippen LogP contribution in [0, 0.1) is 0 Å². The van der Waals surface area contributed by atoms with Crippen LogP contribution in [0.1, 0.15) is 27.2 Å². The first-order valence-corrected chi connectivity index (χ1v) is 4.32. The molecule has 0 aromatic carbocycles. The van der Waals surface area contributed by atoms with E-state index < -0.39 is 5.79 Å². The average molecular weight is 186 g/mol. The highest BCUT2D eigenvalue weighted by molar-refractivity contribution is 5.65. The zero-order valence-corrected chi connectivity index (χ0v) is 8.79. The average Bonchev–Trinajstić information content (AvgIpc) is 2.05. The summed E-state index contributed by atoms with van der Waals surface area (Å²) in [6.45, 7) is 6.17. The van der Waals surface area contributed by atoms with E-state index in [2.05, 4.69) is 0 Å². The number of rotatable bonds is 6. The summed E-state index contributed by atoms with van der Waals surface area (Å²) >= 11 is 0. The molecule has 0 rings (SSSR count). The third-order valence-electron chi connectivity index (χ3n) is 1.79. The highest BCUT2D eigenvalue weighted by atomic mass is 16.7. The molecule has 0 amide bonds. The van der Waals surface area contributed by atoms with E-state index in [9.17, 15) is 4.79 Å². The van der Waals surface area contributed by atoms with Gasteiger partial charge in [0, 0.05) is 7.11 Å². The van der Waals surface area contributed by atoms with Crippen molar-refractivity contribution in [2.75, 3.05) is 13.7 Å². The molecule has 0 heterocycles. The van der Waals surface area contributed by atoms with E-state index in [4.69, 9.17) is 9.47 Å². The molecule has 3 nitrogen and oxygen atoms in total. The fraction of sp³-hybridized carbons (Fsp3) is 0.700. The van der Waals surface area contributed by atoms with Gasteiger partial charge in [-0.05, 0) is 33.3 Å². The van der Waals surface area contributed by atoms with Crippen LogP contribution < -0.4 is 0 Å². The molecule has 0 fully saturated rings. The van der Waals surface area contributed by atoms with Gasteiger partial charge in [0.05, 0.1) is 6.61 Å². The number of allylic oxidation sites excluding steroid dienone is 1. The Morgan fingerprint density at radius 3 is 2.54 bits per heavy atom. The minimum absolute atomic E-state index is 0.540. The van der Waals surface area contributed by atoms with E-state index >= 15 is 0 Å². The van der Waals surface area contributed by atoms with E-state index in [0.29, 0.717) is 6.61 Å². The molecular formula is C10H18O3. The van der Waals surface area contributed by atoms with Crippen LogP contribution in [-0.2, 0) is 14.3 Å². The zero-order chi connectivity index (χ0) is 10.3. The summed E-state index contributed by atoms with van der Waals surface area (Å²) < 4.78 is 10.5. The fourth-order valence-electron chi connectivity index (χ4n) is 0.716. The number of ether oxygens (including phenoxy) is 2. The first-order valence-electron chi connectivity index (χ1n) is 4.32. The van der Waals surface area contributed by atoms with Gasteiger partial charge in [-0.15, -0.1) is 0 Å². The van der Waals surface area contributed by atoms with Crippen LogP contribution in [0.4, 0.5) is 0 Å². The lowest BCUT2D eigenvalue weighted by atomic mass is 10.2. The van der Waals surface area contributed by atoms with Crippen molar-refractivity contribution in [3.63, 3.8) is 0 Å². The molecule has 0 saturated heterocycles. The van der Waals surface area contributed by atoms with Gasteiger partial charge in [0.1, 0.15) is 6.29 Å². The number of aldehydes is 1. The molecule has 13 heavy (non-hydrogen) atoms. The molecule has 0 radical (unpaired) electrons. The molecule has 0 aromatic rings. The highest BCUT2D eigenvalue weighted by Crippen LogP contribution is 2.11. The molecule has 0 aliphatic rings. The first kappa shape index (κ1) is 12.3. The molecule has 0 saturated carbocycles. The van der Waals surface area contributed by atoms with Crippen molar-refractivity contribution in [2.24, 2.45) is 0 Å². The molecule has 0 spiro atoms. The van der Waals surface area contributed by atoms with Crippen LogP contribution in [-0.4, -0.2) is 25.8 Å². The summed E-state index contributed by atoms with van der Waals surface area (Å²) in [5.41, 5.74) is 1.02. The van der Waals surface area contributed by atoms with Crippen LogP contribution >= 0.6 is 0 Å². The van der Waals surface area contributed by atoms with Crippen molar-refractivity contribution in [1.82, 2.24) is 0 Å². The Morgan fingerprint density at radius 2 is 2.08 bits per heavy atom. The largest absolute Gasteiger partial charge is 0.354 e. The third-order valence-corrected chi connectivity index (χ3v) is 1.79. The van der Waals surface area contributed by atoms with Crippen LogP contribution in [0.5, 0.6) is 0 Å². The lowest BCUT2D eigenvalue weighted by molar-refractivity contribution is -0.196. The number of hydrogen-bond donors (Lipinski definition) is 0. The Hall–Kier alpha value is -0.670. The lowest BCUT2D eigenvalue weighted by Gasteiger charge is -2.23. The van der Waals surface area contributed by atoms with Gasteiger partial charge >= 0.3 is 0 Å². The molecule has 76 valence electrons. The van der Waals surface area contributed by atoms with Crippen LogP contribution in [0.25, 0.3) is 0 Å². The summed E-state index contributed by atoms with van der Waals surface area (Å²) in [5.74, 6) is -0.540. The van der Waals surface area contributed by atoms with Crippen molar-refractivity contribution < 1.29 is 14.3 Å². The fourth-order valence-corrected chi connectivity index (χ4v) is 0.716. The second-order valence-corrected chi connectivity index (χ2v) is 3.35. The Balaban J connectivity index is 3.67. The quantitative estimate of drug-likeness (QED) is 0.361. The summed E-state index contributed by atoms with van der Waals surface area (Å²) in [6, 6.07) is 0. The number of carbonyl (C=O) groups excluding carboxylic acids is 1. The Bertz CT molecular complexity index is 183. The second-order valence-electron chi connectivity index (χ2n) is 3.35. The first-order chi connectivity index (χ1) is 6.02. The van der Waals surface area contributed by atoms with Gasteiger partial charge in [0.15, 0.2) is 5.79 Å². The topological polar surface area (TPSA) is 35.5 Å². The van der Waals surface area contributed by atoms with E-state index in [1.54, 1.807) is 13.2 Å². The third kappa shape index (κ3) is 6.49. The maximum atomic E-state index is 10.1. The molecule has 0 aliphatic carbocycles. The number of hydrogen-bond acceptors (Lipinski definition) is 3. The zero-order valence-electron chi connectivity index (χ0n) is 8.79. The standard InChI is InChI=1S/C10H18O3/c1-9(5-7-11)6-8-13-10(2,3)12-4/h5,7H,6,8H2,1-4H3/b9-5+. The number of carbonyl (C=O) groups is 1. The van der Waals surface area contributed by atoms with E-state index in [0.717, 1.165) is 18.3 Å². The van der Waals surface area contributed by atoms with Crippen LogP contribution in [0.3, 0.4) is 0 Å². The van der Waals surface area contributed by atoms with Gasteiger partial charge < -0.3 is 9.47 Å². The summed E-state index contributed by atoms with van der Waals surface area (Å²) in [5, 5.41) is 0. The second kappa shape index (κ2) is 5.89. The van der Waals surface area contributed by atoms with Gasteiger partial charge in [-0.3, -0.25) is 4.79 Å². The molecule has 0 unspecified atom stereocenters. The normalized spacial score (nSPS) is 13.1. The van der Waals surface area contributed by atoms with E-state index in [-0.39, 0.29) is 0 Å². The van der Waals surface area contributed by atoms with Gasteiger partial charge in [0.25, 0.3) is 0 Å². The summed E-state index contributed by atoms with van der Waals surface area (Å²) in [7, 11) is 1.61. The van der Waals surface area contributed by atoms with Crippen molar-refractivity contribution >= 4 is 6.29 Å². The Morgan fingerprint density at radius 1 is 1.46 bits per heavy atom. The summed E-state index contributed by atoms with van der Waals surface area (Å²) in [4.78, 5) is 10.1. The Labute approximate surface area is 79.7 Å². The van der Waals surface area contributed by atoms with Gasteiger partial charge in [-0.2, -0.15) is 0 Å². The minimum Gasteiger partial charge on any atom is -0.354 e. The monoisotopic (exact) mass is 186 g/mol. The molecule has 0 atom stereocenters. The molecule has 3 heteroatoms. The van der Waals surface area contributed by atoms with Crippen molar-refractivity contribution in [1.29, 1.82) is 0 Å².